The first-order valence-corrected chi connectivity index (χ1v) is 8.33. The molecule has 0 spiro atoms. The molecule has 0 aliphatic carbocycles. The summed E-state index contributed by atoms with van der Waals surface area (Å²) in [6.45, 7) is 3.50. The molecule has 0 aliphatic heterocycles. The topological polar surface area (TPSA) is 82.3 Å². The second kappa shape index (κ2) is 7.85. The van der Waals surface area contributed by atoms with Crippen LogP contribution in [-0.4, -0.2) is 23.0 Å². The number of ether oxygens (including phenoxy) is 1. The minimum Gasteiger partial charge on any atom is -0.443 e. The molecule has 0 saturated heterocycles. The summed E-state index contributed by atoms with van der Waals surface area (Å²) in [5.74, 6) is -0.334. The van der Waals surface area contributed by atoms with E-state index in [1.54, 1.807) is 38.1 Å². The lowest BCUT2D eigenvalue weighted by atomic mass is 9.82. The summed E-state index contributed by atoms with van der Waals surface area (Å²) in [5, 5.41) is 0.730. The molecule has 5 nitrogen and oxygen atoms in total. The van der Waals surface area contributed by atoms with E-state index in [0.717, 1.165) is 5.56 Å². The van der Waals surface area contributed by atoms with Crippen molar-refractivity contribution in [2.75, 3.05) is 0 Å². The summed E-state index contributed by atoms with van der Waals surface area (Å²) in [6, 6.07) is 10.6. The maximum absolute atomic E-state index is 11.3. The molecule has 7 heteroatoms. The molecule has 1 atom stereocenters. The van der Waals surface area contributed by atoms with E-state index in [4.69, 9.17) is 33.7 Å². The molecule has 2 rings (SSSR count). The molecule has 0 aliphatic rings. The van der Waals surface area contributed by atoms with Crippen molar-refractivity contribution < 1.29 is 14.3 Å². The van der Waals surface area contributed by atoms with Gasteiger partial charge >= 0.3 is 6.09 Å². The number of rotatable bonds is 6. The molecule has 1 aromatic heterocycles. The van der Waals surface area contributed by atoms with Crippen LogP contribution in [0, 0.1) is 0 Å². The Labute approximate surface area is 156 Å². The predicted octanol–water partition coefficient (Wildman–Crippen LogP) is 4.40. The summed E-state index contributed by atoms with van der Waals surface area (Å²) in [5.41, 5.74) is 6.14. The molecular weight excluding hydrogens is 363 g/mol. The van der Waals surface area contributed by atoms with Gasteiger partial charge in [0, 0.05) is 16.6 Å². The van der Waals surface area contributed by atoms with Crippen LogP contribution >= 0.6 is 23.2 Å². The summed E-state index contributed by atoms with van der Waals surface area (Å²) in [6.07, 6.45) is 0.279. The quantitative estimate of drug-likeness (QED) is 0.594. The van der Waals surface area contributed by atoms with Gasteiger partial charge in [0.2, 0.25) is 0 Å². The molecule has 0 radical (unpaired) electrons. The van der Waals surface area contributed by atoms with Crippen molar-refractivity contribution in [1.82, 2.24) is 4.98 Å². The van der Waals surface area contributed by atoms with Crippen LogP contribution in [0.1, 0.15) is 41.4 Å². The summed E-state index contributed by atoms with van der Waals surface area (Å²) < 4.78 is 5.31. The number of pyridine rings is 1. The van der Waals surface area contributed by atoms with Gasteiger partial charge in [-0.3, -0.25) is 4.79 Å². The number of amides is 1. The normalized spacial score (nSPS) is 12.5. The first-order chi connectivity index (χ1) is 11.7. The molecule has 0 fully saturated rings. The van der Waals surface area contributed by atoms with Gasteiger partial charge in [0.25, 0.3) is 0 Å². The highest BCUT2D eigenvalue weighted by atomic mass is 35.5. The summed E-state index contributed by atoms with van der Waals surface area (Å²) in [7, 11) is 0. The van der Waals surface area contributed by atoms with E-state index in [0.29, 0.717) is 29.0 Å². The zero-order valence-corrected chi connectivity index (χ0v) is 15.3. The molecule has 1 aromatic carbocycles. The molecule has 1 heterocycles. The standard InChI is InChI=1S/C18H18Cl2N2O3/c1-18(2,25-17(21)24)14(9-11-3-6-13(19)7-4-11)15-8-5-12(10-23)16(20)22-15/h3-8,10,14H,9H2,1-2H3,(H2,21,24). The highest BCUT2D eigenvalue weighted by molar-refractivity contribution is 6.31. The van der Waals surface area contributed by atoms with Crippen LogP contribution in [0.15, 0.2) is 36.4 Å². The van der Waals surface area contributed by atoms with Gasteiger partial charge in [-0.25, -0.2) is 9.78 Å². The number of halogens is 2. The second-order valence-corrected chi connectivity index (χ2v) is 6.94. The van der Waals surface area contributed by atoms with Gasteiger partial charge in [-0.05, 0) is 50.1 Å². The first-order valence-electron chi connectivity index (χ1n) is 7.57. The van der Waals surface area contributed by atoms with Crippen molar-refractivity contribution in [3.8, 4) is 0 Å². The van der Waals surface area contributed by atoms with Gasteiger partial charge in [0.05, 0.1) is 5.56 Å². The van der Waals surface area contributed by atoms with Crippen molar-refractivity contribution in [2.24, 2.45) is 5.73 Å². The smallest absolute Gasteiger partial charge is 0.405 e. The minimum atomic E-state index is -0.940. The largest absolute Gasteiger partial charge is 0.443 e. The first kappa shape index (κ1) is 19.2. The number of aldehydes is 1. The zero-order chi connectivity index (χ0) is 18.6. The van der Waals surface area contributed by atoms with Gasteiger partial charge < -0.3 is 10.5 Å². The number of nitrogens with zero attached hydrogens (tertiary/aromatic N) is 1. The third kappa shape index (κ3) is 4.94. The van der Waals surface area contributed by atoms with E-state index in [1.807, 2.05) is 12.1 Å². The van der Waals surface area contributed by atoms with Gasteiger partial charge in [-0.1, -0.05) is 35.3 Å². The van der Waals surface area contributed by atoms with E-state index in [1.165, 1.54) is 0 Å². The Balaban J connectivity index is 2.44. The fraction of sp³-hybridized carbons (Fsp3) is 0.278. The second-order valence-electron chi connectivity index (χ2n) is 6.14. The Morgan fingerprint density at radius 1 is 1.24 bits per heavy atom. The summed E-state index contributed by atoms with van der Waals surface area (Å²) >= 11 is 12.0. The van der Waals surface area contributed by atoms with Crippen LogP contribution in [0.3, 0.4) is 0 Å². The fourth-order valence-corrected chi connectivity index (χ4v) is 2.97. The van der Waals surface area contributed by atoms with Crippen LogP contribution in [0.4, 0.5) is 4.79 Å². The Morgan fingerprint density at radius 2 is 1.88 bits per heavy atom. The molecule has 2 aromatic rings. The van der Waals surface area contributed by atoms with Crippen molar-refractivity contribution >= 4 is 35.6 Å². The highest BCUT2D eigenvalue weighted by Crippen LogP contribution is 2.34. The Hall–Kier alpha value is -2.11. The fourth-order valence-electron chi connectivity index (χ4n) is 2.63. The lowest BCUT2D eigenvalue weighted by Gasteiger charge is -2.33. The molecular formula is C18H18Cl2N2O3. The number of hydrogen-bond donors (Lipinski definition) is 1. The lowest BCUT2D eigenvalue weighted by Crippen LogP contribution is -2.38. The number of carbonyl (C=O) groups is 2. The number of carbonyl (C=O) groups excluding carboxylic acids is 2. The van der Waals surface area contributed by atoms with E-state index in [-0.39, 0.29) is 11.1 Å². The molecule has 25 heavy (non-hydrogen) atoms. The Bertz CT molecular complexity index is 776. The number of benzene rings is 1. The average Bonchev–Trinajstić information content (AvgIpc) is 2.52. The zero-order valence-electron chi connectivity index (χ0n) is 13.8. The van der Waals surface area contributed by atoms with Crippen LogP contribution < -0.4 is 5.73 Å². The molecule has 1 unspecified atom stereocenters. The van der Waals surface area contributed by atoms with Gasteiger partial charge in [0.15, 0.2) is 6.29 Å². The van der Waals surface area contributed by atoms with Crippen LogP contribution in [0.25, 0.3) is 0 Å². The molecule has 2 N–H and O–H groups in total. The van der Waals surface area contributed by atoms with Crippen LogP contribution in [0.5, 0.6) is 0 Å². The van der Waals surface area contributed by atoms with Crippen LogP contribution in [-0.2, 0) is 11.2 Å². The lowest BCUT2D eigenvalue weighted by molar-refractivity contribution is 0.0226. The Morgan fingerprint density at radius 3 is 2.40 bits per heavy atom. The van der Waals surface area contributed by atoms with Crippen molar-refractivity contribution in [1.29, 1.82) is 0 Å². The number of primary amides is 1. The van der Waals surface area contributed by atoms with E-state index < -0.39 is 11.7 Å². The SMILES string of the molecule is CC(C)(OC(N)=O)C(Cc1ccc(Cl)cc1)c1ccc(C=O)c(Cl)n1. The molecule has 1 amide bonds. The summed E-state index contributed by atoms with van der Waals surface area (Å²) in [4.78, 5) is 26.6. The molecule has 0 bridgehead atoms. The Kier molecular flexibility index (Phi) is 6.03. The highest BCUT2D eigenvalue weighted by Gasteiger charge is 2.35. The van der Waals surface area contributed by atoms with E-state index >= 15 is 0 Å². The predicted molar refractivity (Wildman–Crippen MR) is 97.3 cm³/mol. The average molecular weight is 381 g/mol. The van der Waals surface area contributed by atoms with E-state index in [2.05, 4.69) is 4.98 Å². The third-order valence-corrected chi connectivity index (χ3v) is 4.49. The van der Waals surface area contributed by atoms with Gasteiger partial charge in [0.1, 0.15) is 10.8 Å². The van der Waals surface area contributed by atoms with Crippen molar-refractivity contribution in [3.05, 3.63) is 63.4 Å². The van der Waals surface area contributed by atoms with Crippen molar-refractivity contribution in [2.45, 2.75) is 31.8 Å². The monoisotopic (exact) mass is 380 g/mol. The molecule has 0 saturated carbocycles. The van der Waals surface area contributed by atoms with Crippen molar-refractivity contribution in [3.63, 3.8) is 0 Å². The maximum Gasteiger partial charge on any atom is 0.405 e. The van der Waals surface area contributed by atoms with Crippen LogP contribution in [0.2, 0.25) is 10.2 Å². The van der Waals surface area contributed by atoms with E-state index in [9.17, 15) is 9.59 Å². The minimum absolute atomic E-state index is 0.100. The third-order valence-electron chi connectivity index (χ3n) is 3.94. The number of hydrogen-bond acceptors (Lipinski definition) is 4. The maximum atomic E-state index is 11.3. The number of aromatic nitrogens is 1. The van der Waals surface area contributed by atoms with Gasteiger partial charge in [-0.2, -0.15) is 0 Å². The van der Waals surface area contributed by atoms with Gasteiger partial charge in [-0.15, -0.1) is 0 Å². The molecule has 132 valence electrons. The number of nitrogens with two attached hydrogens (primary N) is 1.